The summed E-state index contributed by atoms with van der Waals surface area (Å²) in [4.78, 5) is 3.44. The molecule has 0 saturated carbocycles. The maximum atomic E-state index is 5.92. The number of thioether (sulfide) groups is 1. The third kappa shape index (κ3) is 6.42. The van der Waals surface area contributed by atoms with Crippen molar-refractivity contribution in [1.82, 2.24) is 10.2 Å². The Kier molecular flexibility index (Phi) is 7.72. The van der Waals surface area contributed by atoms with Gasteiger partial charge in [0.15, 0.2) is 5.11 Å². The van der Waals surface area contributed by atoms with E-state index in [-0.39, 0.29) is 0 Å². The summed E-state index contributed by atoms with van der Waals surface area (Å²) in [6.07, 6.45) is 0. The molecule has 0 aliphatic carbocycles. The molecule has 0 fully saturated rings. The normalized spacial score (nSPS) is 10.3. The number of hydrogen-bond donors (Lipinski definition) is 1. The van der Waals surface area contributed by atoms with E-state index in [0.29, 0.717) is 0 Å². The number of nitrogens with zero attached hydrogens (tertiary/aromatic N) is 1. The summed E-state index contributed by atoms with van der Waals surface area (Å²) in [5.41, 5.74) is 1.27. The van der Waals surface area contributed by atoms with Gasteiger partial charge in [-0.2, -0.15) is 0 Å². The van der Waals surface area contributed by atoms with Gasteiger partial charge >= 0.3 is 0 Å². The van der Waals surface area contributed by atoms with Crippen LogP contribution < -0.4 is 5.32 Å². The molecule has 0 amide bonds. The second kappa shape index (κ2) is 9.81. The first-order valence-electron chi connectivity index (χ1n) is 7.64. The molecule has 0 atom stereocenters. The lowest BCUT2D eigenvalue weighted by Gasteiger charge is -2.25. The van der Waals surface area contributed by atoms with Gasteiger partial charge in [0.05, 0.1) is 0 Å². The molecule has 23 heavy (non-hydrogen) atoms. The molecular formula is C18H21ClN2S2. The van der Waals surface area contributed by atoms with Gasteiger partial charge in [-0.15, -0.1) is 11.8 Å². The van der Waals surface area contributed by atoms with Crippen molar-refractivity contribution in [3.8, 4) is 0 Å². The predicted octanol–water partition coefficient (Wildman–Crippen LogP) is 4.83. The highest BCUT2D eigenvalue weighted by atomic mass is 35.5. The van der Waals surface area contributed by atoms with Gasteiger partial charge in [0.25, 0.3) is 0 Å². The second-order valence-electron chi connectivity index (χ2n) is 5.05. The summed E-state index contributed by atoms with van der Waals surface area (Å²) >= 11 is 13.2. The molecule has 0 bridgehead atoms. The van der Waals surface area contributed by atoms with Crippen LogP contribution in [0.3, 0.4) is 0 Å². The van der Waals surface area contributed by atoms with E-state index in [1.165, 1.54) is 10.5 Å². The van der Waals surface area contributed by atoms with Gasteiger partial charge in [0, 0.05) is 35.3 Å². The Hall–Kier alpha value is -1.23. The van der Waals surface area contributed by atoms with E-state index < -0.39 is 0 Å². The predicted molar refractivity (Wildman–Crippen MR) is 105 cm³/mol. The first kappa shape index (κ1) is 18.1. The molecular weight excluding hydrogens is 344 g/mol. The number of nitrogens with one attached hydrogen (secondary N) is 1. The van der Waals surface area contributed by atoms with Crippen LogP contribution >= 0.6 is 35.6 Å². The highest BCUT2D eigenvalue weighted by Gasteiger charge is 2.09. The van der Waals surface area contributed by atoms with E-state index in [1.807, 2.05) is 30.0 Å². The average molecular weight is 365 g/mol. The largest absolute Gasteiger partial charge is 0.363 e. The molecule has 0 unspecified atom stereocenters. The van der Waals surface area contributed by atoms with E-state index in [9.17, 15) is 0 Å². The van der Waals surface area contributed by atoms with Gasteiger partial charge in [-0.25, -0.2) is 0 Å². The van der Waals surface area contributed by atoms with Crippen LogP contribution in [0.15, 0.2) is 59.5 Å². The minimum atomic E-state index is 0.772. The molecule has 0 aliphatic heterocycles. The van der Waals surface area contributed by atoms with Crippen LogP contribution in [-0.4, -0.2) is 28.9 Å². The Balaban J connectivity index is 1.91. The number of thiocarbonyl (C=S) groups is 1. The second-order valence-corrected chi connectivity index (χ2v) is 7.04. The van der Waals surface area contributed by atoms with Crippen molar-refractivity contribution in [2.75, 3.05) is 18.8 Å². The van der Waals surface area contributed by atoms with E-state index in [2.05, 4.69) is 53.5 Å². The van der Waals surface area contributed by atoms with Crippen molar-refractivity contribution in [3.63, 3.8) is 0 Å². The smallest absolute Gasteiger partial charge is 0.169 e. The zero-order valence-corrected chi connectivity index (χ0v) is 15.6. The molecule has 0 heterocycles. The Morgan fingerprint density at radius 3 is 2.48 bits per heavy atom. The van der Waals surface area contributed by atoms with Crippen LogP contribution in [0, 0.1) is 0 Å². The molecule has 0 aromatic heterocycles. The minimum absolute atomic E-state index is 0.772. The molecule has 2 nitrogen and oxygen atoms in total. The minimum Gasteiger partial charge on any atom is -0.363 e. The lowest BCUT2D eigenvalue weighted by atomic mass is 10.2. The highest BCUT2D eigenvalue weighted by molar-refractivity contribution is 7.99. The van der Waals surface area contributed by atoms with Crippen LogP contribution in [0.25, 0.3) is 0 Å². The third-order valence-corrected chi connectivity index (χ3v) is 4.92. The molecule has 5 heteroatoms. The number of benzene rings is 2. The van der Waals surface area contributed by atoms with Crippen molar-refractivity contribution < 1.29 is 0 Å². The summed E-state index contributed by atoms with van der Waals surface area (Å²) in [5.74, 6) is 0.972. The zero-order chi connectivity index (χ0) is 16.5. The van der Waals surface area contributed by atoms with Gasteiger partial charge < -0.3 is 10.2 Å². The molecule has 0 saturated heterocycles. The number of rotatable bonds is 7. The molecule has 0 spiro atoms. The third-order valence-electron chi connectivity index (χ3n) is 3.28. The van der Waals surface area contributed by atoms with Gasteiger partial charge in [-0.3, -0.25) is 0 Å². The Bertz CT molecular complexity index is 602. The van der Waals surface area contributed by atoms with Crippen molar-refractivity contribution in [2.24, 2.45) is 0 Å². The van der Waals surface area contributed by atoms with Crippen LogP contribution in [0.2, 0.25) is 5.02 Å². The molecule has 2 aromatic carbocycles. The summed E-state index contributed by atoms with van der Waals surface area (Å²) < 4.78 is 0. The van der Waals surface area contributed by atoms with E-state index in [0.717, 1.165) is 35.5 Å². The SMILES string of the molecule is CCNC(=S)N(CCSc1ccc(Cl)cc1)Cc1ccccc1. The summed E-state index contributed by atoms with van der Waals surface area (Å²) in [6, 6.07) is 18.4. The van der Waals surface area contributed by atoms with Gasteiger partial charge in [-0.1, -0.05) is 41.9 Å². The van der Waals surface area contributed by atoms with Crippen molar-refractivity contribution in [3.05, 3.63) is 65.2 Å². The molecule has 2 rings (SSSR count). The fourth-order valence-corrected chi connectivity index (χ4v) is 3.43. The molecule has 2 aromatic rings. The maximum absolute atomic E-state index is 5.92. The van der Waals surface area contributed by atoms with Crippen LogP contribution in [0.5, 0.6) is 0 Å². The summed E-state index contributed by atoms with van der Waals surface area (Å²) in [6.45, 7) is 4.63. The molecule has 122 valence electrons. The van der Waals surface area contributed by atoms with Crippen LogP contribution in [-0.2, 0) is 6.54 Å². The van der Waals surface area contributed by atoms with Crippen LogP contribution in [0.4, 0.5) is 0 Å². The average Bonchev–Trinajstić information content (AvgIpc) is 2.57. The van der Waals surface area contributed by atoms with E-state index in [1.54, 1.807) is 0 Å². The first-order valence-corrected chi connectivity index (χ1v) is 9.41. The summed E-state index contributed by atoms with van der Waals surface area (Å²) in [5, 5.41) is 4.84. The highest BCUT2D eigenvalue weighted by Crippen LogP contribution is 2.20. The molecule has 0 radical (unpaired) electrons. The Labute approximate surface area is 153 Å². The van der Waals surface area contributed by atoms with Crippen LogP contribution in [0.1, 0.15) is 12.5 Å². The quantitative estimate of drug-likeness (QED) is 0.559. The monoisotopic (exact) mass is 364 g/mol. The maximum Gasteiger partial charge on any atom is 0.169 e. The topological polar surface area (TPSA) is 15.3 Å². The first-order chi connectivity index (χ1) is 11.2. The lowest BCUT2D eigenvalue weighted by Crippen LogP contribution is -2.40. The van der Waals surface area contributed by atoms with E-state index in [4.69, 9.17) is 23.8 Å². The fraction of sp³-hybridized carbons (Fsp3) is 0.278. The standard InChI is InChI=1S/C18H21ClN2S2/c1-2-20-18(22)21(14-15-6-4-3-5-7-15)12-13-23-17-10-8-16(19)9-11-17/h3-11H,2,12-14H2,1H3,(H,20,22). The Morgan fingerprint density at radius 2 is 1.83 bits per heavy atom. The fourth-order valence-electron chi connectivity index (χ4n) is 2.12. The number of halogens is 1. The zero-order valence-electron chi connectivity index (χ0n) is 13.2. The number of hydrogen-bond acceptors (Lipinski definition) is 2. The molecule has 0 aliphatic rings. The van der Waals surface area contributed by atoms with Crippen molar-refractivity contribution >= 4 is 40.7 Å². The van der Waals surface area contributed by atoms with Gasteiger partial charge in [0.1, 0.15) is 0 Å². The Morgan fingerprint density at radius 1 is 1.13 bits per heavy atom. The van der Waals surface area contributed by atoms with E-state index >= 15 is 0 Å². The summed E-state index contributed by atoms with van der Waals surface area (Å²) in [7, 11) is 0. The lowest BCUT2D eigenvalue weighted by molar-refractivity contribution is 0.431. The van der Waals surface area contributed by atoms with Gasteiger partial charge in [-0.05, 0) is 49.0 Å². The molecule has 1 N–H and O–H groups in total. The van der Waals surface area contributed by atoms with Crippen molar-refractivity contribution in [2.45, 2.75) is 18.4 Å². The van der Waals surface area contributed by atoms with Crippen molar-refractivity contribution in [1.29, 1.82) is 0 Å². The van der Waals surface area contributed by atoms with Gasteiger partial charge in [0.2, 0.25) is 0 Å².